The number of nitrogens with one attached hydrogen (secondary N) is 5. The molecule has 3 heterocycles. The summed E-state index contributed by atoms with van der Waals surface area (Å²) in [6, 6.07) is 18.3. The van der Waals surface area contributed by atoms with Crippen molar-refractivity contribution in [1.29, 1.82) is 0 Å². The van der Waals surface area contributed by atoms with Crippen LogP contribution in [0.25, 0.3) is 0 Å². The number of amides is 6. The van der Waals surface area contributed by atoms with Crippen LogP contribution >= 0.6 is 0 Å². The second-order valence-corrected chi connectivity index (χ2v) is 18.0. The van der Waals surface area contributed by atoms with Crippen molar-refractivity contribution in [1.82, 2.24) is 19.8 Å². The van der Waals surface area contributed by atoms with Crippen molar-refractivity contribution in [2.75, 3.05) is 66.0 Å². The average molecular weight is 1020 g/mol. The Hall–Kier alpha value is -8.73. The van der Waals surface area contributed by atoms with E-state index < -0.39 is 92.2 Å². The first-order valence-corrected chi connectivity index (χ1v) is 22.8. The number of hydrogen-bond acceptors (Lipinski definition) is 11. The Labute approximate surface area is 418 Å². The van der Waals surface area contributed by atoms with E-state index in [4.69, 9.17) is 15.2 Å². The van der Waals surface area contributed by atoms with Crippen LogP contribution in [0.4, 0.5) is 65.5 Å². The molecule has 2 saturated carbocycles. The van der Waals surface area contributed by atoms with Gasteiger partial charge in [0.05, 0.1) is 11.4 Å². The van der Waals surface area contributed by atoms with Gasteiger partial charge in [-0.1, -0.05) is 0 Å². The fraction of sp³-hybridized carbons (Fsp3) is 0.235. The number of benzene rings is 4. The number of rotatable bonds is 15. The van der Waals surface area contributed by atoms with Gasteiger partial charge >= 0.3 is 6.03 Å². The van der Waals surface area contributed by atoms with E-state index in [1.807, 2.05) is 14.1 Å². The molecule has 0 unspecified atom stereocenters. The Balaban J connectivity index is 0.000000204. The molecule has 1 aliphatic heterocycles. The summed E-state index contributed by atoms with van der Waals surface area (Å²) in [6.07, 6.45) is 3.60. The molecule has 384 valence electrons. The smallest absolute Gasteiger partial charge is 0.323 e. The number of halogens is 6. The maximum absolute atomic E-state index is 14.9. The largest absolute Gasteiger partial charge is 0.454 e. The minimum absolute atomic E-state index is 0.0962. The Kier molecular flexibility index (Phi) is 15.0. The average Bonchev–Trinajstić information content (AvgIpc) is 4.28. The lowest BCUT2D eigenvalue weighted by atomic mass is 10.0. The van der Waals surface area contributed by atoms with E-state index in [1.54, 1.807) is 4.90 Å². The van der Waals surface area contributed by atoms with E-state index in [0.717, 1.165) is 55.1 Å². The molecule has 0 bridgehead atoms. The van der Waals surface area contributed by atoms with Crippen LogP contribution < -0.4 is 41.8 Å². The minimum Gasteiger partial charge on any atom is -0.454 e. The summed E-state index contributed by atoms with van der Waals surface area (Å²) >= 11 is 0. The number of nitrogens with two attached hydrogens (primary N) is 1. The van der Waals surface area contributed by atoms with Crippen LogP contribution in [-0.4, -0.2) is 83.2 Å². The summed E-state index contributed by atoms with van der Waals surface area (Å²) in [6.45, 7) is 2.12. The molecule has 4 aromatic carbocycles. The van der Waals surface area contributed by atoms with Gasteiger partial charge in [0.2, 0.25) is 23.6 Å². The predicted octanol–water partition coefficient (Wildman–Crippen LogP) is 8.90. The van der Waals surface area contributed by atoms with Gasteiger partial charge in [-0.15, -0.1) is 0 Å². The molecule has 17 nitrogen and oxygen atoms in total. The van der Waals surface area contributed by atoms with Crippen molar-refractivity contribution in [2.24, 2.45) is 16.7 Å². The predicted molar refractivity (Wildman–Crippen MR) is 259 cm³/mol. The van der Waals surface area contributed by atoms with Gasteiger partial charge < -0.3 is 46.3 Å². The summed E-state index contributed by atoms with van der Waals surface area (Å²) in [5.41, 5.74) is 2.37. The molecule has 74 heavy (non-hydrogen) atoms. The highest BCUT2D eigenvalue weighted by Crippen LogP contribution is 2.49. The first kappa shape index (κ1) is 51.6. The molecule has 0 radical (unpaired) electrons. The molecule has 1 saturated heterocycles. The number of ether oxygens (including phenoxy) is 2. The van der Waals surface area contributed by atoms with Crippen molar-refractivity contribution in [2.45, 2.75) is 25.7 Å². The Morgan fingerprint density at radius 2 is 1.01 bits per heavy atom. The number of anilines is 6. The van der Waals surface area contributed by atoms with Crippen LogP contribution in [0.1, 0.15) is 25.7 Å². The van der Waals surface area contributed by atoms with Crippen LogP contribution in [0.5, 0.6) is 23.0 Å². The number of pyridine rings is 2. The van der Waals surface area contributed by atoms with Crippen LogP contribution in [-0.2, 0) is 19.2 Å². The fourth-order valence-electron chi connectivity index (χ4n) is 7.67. The zero-order valence-electron chi connectivity index (χ0n) is 39.4. The highest BCUT2D eigenvalue weighted by molar-refractivity contribution is 6.17. The minimum atomic E-state index is -1.45. The lowest BCUT2D eigenvalue weighted by Crippen LogP contribution is -2.54. The number of aromatic nitrogens is 2. The molecule has 6 amide bonds. The zero-order chi connectivity index (χ0) is 52.9. The van der Waals surface area contributed by atoms with Gasteiger partial charge in [0.1, 0.15) is 45.6 Å². The van der Waals surface area contributed by atoms with Gasteiger partial charge in [-0.05, 0) is 100 Å². The van der Waals surface area contributed by atoms with Crippen molar-refractivity contribution in [3.63, 3.8) is 0 Å². The molecule has 7 N–H and O–H groups in total. The van der Waals surface area contributed by atoms with E-state index in [9.17, 15) is 50.3 Å². The number of urea groups is 1. The lowest BCUT2D eigenvalue weighted by Gasteiger charge is -2.40. The van der Waals surface area contributed by atoms with Crippen molar-refractivity contribution < 1.29 is 59.8 Å². The van der Waals surface area contributed by atoms with E-state index in [2.05, 4.69) is 41.5 Å². The molecule has 2 aromatic heterocycles. The van der Waals surface area contributed by atoms with Gasteiger partial charge in [-0.25, -0.2) is 41.1 Å². The molecule has 9 rings (SSSR count). The molecule has 0 spiro atoms. The van der Waals surface area contributed by atoms with Crippen molar-refractivity contribution >= 4 is 64.0 Å². The standard InChI is InChI=1S/C29H29F3N6O4.C22H17F3N4O3/c1-37(2)14-17-15-38(16-17)28(41)36-25-11-20(7-10-33-25)42-24-13-21(31)23(12-22(24)32)35-27(40)29(8-9-29)26(39)34-19-5-3-18(30)4-6-19;23-12-1-3-13(4-2-12)28-20(30)22(6-7-22)21(31)29-17-10-16(25)18(11-15(17)24)32-14-5-8-27-19(26)9-14/h3-7,10-13,17H,8-9,14-16H2,1-2H3,(H,34,39)(H,35,40)(H,33,36,41);1-5,8-11H,6-7H2,(H2,26,27)(H,28,30)(H,29,31). The van der Waals surface area contributed by atoms with E-state index in [-0.39, 0.29) is 54.8 Å². The van der Waals surface area contributed by atoms with Crippen LogP contribution in [0, 0.1) is 51.7 Å². The third-order valence-electron chi connectivity index (χ3n) is 12.0. The Morgan fingerprint density at radius 1 is 0.581 bits per heavy atom. The lowest BCUT2D eigenvalue weighted by molar-refractivity contribution is -0.132. The molecule has 2 aliphatic carbocycles. The highest BCUT2D eigenvalue weighted by atomic mass is 19.1. The molecular formula is C51H46F6N10O7. The maximum Gasteiger partial charge on any atom is 0.323 e. The quantitative estimate of drug-likeness (QED) is 0.0421. The maximum atomic E-state index is 14.9. The molecular weight excluding hydrogens is 979 g/mol. The zero-order valence-corrected chi connectivity index (χ0v) is 39.4. The SMILES string of the molecule is CN(C)CC1CN(C(=O)Nc2cc(Oc3cc(F)c(NC(=O)C4(C(=O)Nc5ccc(F)cc5)CC4)cc3F)ccn2)C1.Nc1cc(Oc2cc(F)c(NC(=O)C3(C(=O)Nc4ccc(F)cc4)CC3)cc2F)ccn1. The summed E-state index contributed by atoms with van der Waals surface area (Å²) in [5, 5.41) is 12.3. The Bertz CT molecular complexity index is 3120. The summed E-state index contributed by atoms with van der Waals surface area (Å²) in [5.74, 6) is -7.52. The van der Waals surface area contributed by atoms with E-state index in [0.29, 0.717) is 30.4 Å². The van der Waals surface area contributed by atoms with Crippen molar-refractivity contribution in [3.05, 3.63) is 144 Å². The summed E-state index contributed by atoms with van der Waals surface area (Å²) in [7, 11) is 3.94. The third kappa shape index (κ3) is 12.3. The Morgan fingerprint density at radius 3 is 1.45 bits per heavy atom. The molecule has 3 fully saturated rings. The second-order valence-electron chi connectivity index (χ2n) is 18.0. The first-order valence-electron chi connectivity index (χ1n) is 22.8. The molecule has 23 heteroatoms. The van der Waals surface area contributed by atoms with Gasteiger partial charge in [0.25, 0.3) is 0 Å². The van der Waals surface area contributed by atoms with E-state index >= 15 is 0 Å². The van der Waals surface area contributed by atoms with Gasteiger partial charge in [0.15, 0.2) is 34.8 Å². The highest BCUT2D eigenvalue weighted by Gasteiger charge is 2.57. The van der Waals surface area contributed by atoms with Crippen LogP contribution in [0.2, 0.25) is 0 Å². The number of hydrogen-bond donors (Lipinski definition) is 6. The van der Waals surface area contributed by atoms with Gasteiger partial charge in [0, 0.05) is 85.7 Å². The summed E-state index contributed by atoms with van der Waals surface area (Å²) in [4.78, 5) is 74.9. The monoisotopic (exact) mass is 1020 g/mol. The van der Waals surface area contributed by atoms with Crippen LogP contribution in [0.15, 0.2) is 109 Å². The third-order valence-corrected chi connectivity index (χ3v) is 12.0. The van der Waals surface area contributed by atoms with E-state index in [1.165, 1.54) is 60.9 Å². The number of carbonyl (C=O) groups is 5. The first-order chi connectivity index (χ1) is 35.3. The number of carbonyl (C=O) groups excluding carboxylic acids is 5. The number of nitrogens with zero attached hydrogens (tertiary/aromatic N) is 4. The summed E-state index contributed by atoms with van der Waals surface area (Å²) < 4.78 is 95.7. The molecule has 0 atom stereocenters. The van der Waals surface area contributed by atoms with Gasteiger partial charge in [-0.2, -0.15) is 0 Å². The number of likely N-dealkylation sites (tertiary alicyclic amines) is 1. The second kappa shape index (κ2) is 21.5. The topological polar surface area (TPSA) is 222 Å². The van der Waals surface area contributed by atoms with Gasteiger partial charge in [-0.3, -0.25) is 24.5 Å². The van der Waals surface area contributed by atoms with Crippen molar-refractivity contribution in [3.8, 4) is 23.0 Å². The van der Waals surface area contributed by atoms with Crippen LogP contribution in [0.3, 0.4) is 0 Å². The normalized spacial score (nSPS) is 14.8. The fourth-order valence-corrected chi connectivity index (χ4v) is 7.67. The molecule has 3 aliphatic rings. The number of nitrogen functional groups attached to an aromatic ring is 1. The molecule has 6 aromatic rings.